The molecule has 0 aliphatic heterocycles. The number of fused-ring (bicyclic) bond motifs is 9. The molecule has 0 saturated carbocycles. The molecule has 6 aliphatic rings. The van der Waals surface area contributed by atoms with Gasteiger partial charge in [0.15, 0.2) is 11.6 Å². The number of benzene rings is 12. The van der Waals surface area contributed by atoms with E-state index in [9.17, 15) is 0 Å². The molecule has 3 aromatic heterocycles. The predicted molar refractivity (Wildman–Crippen MR) is 350 cm³/mol. The van der Waals surface area contributed by atoms with E-state index in [1.807, 2.05) is 0 Å². The van der Waals surface area contributed by atoms with E-state index in [2.05, 4.69) is 291 Å². The van der Waals surface area contributed by atoms with Crippen molar-refractivity contribution in [1.82, 2.24) is 8.97 Å². The number of carbonyl (C=O) groups excluding carboxylic acids is 2. The third-order valence-electron chi connectivity index (χ3n) is 21.6. The quantitative estimate of drug-likeness (QED) is 0.176. The van der Waals surface area contributed by atoms with Gasteiger partial charge in [-0.25, -0.2) is 0 Å². The lowest BCUT2D eigenvalue weighted by molar-refractivity contribution is 0.0916. The van der Waals surface area contributed by atoms with Gasteiger partial charge in [-0.05, 0) is 166 Å². The summed E-state index contributed by atoms with van der Waals surface area (Å²) in [6, 6.07) is 92.8. The molecular weight excluding hydrogens is 1040 g/mol. The van der Waals surface area contributed by atoms with Gasteiger partial charge >= 0.3 is 0 Å². The summed E-state index contributed by atoms with van der Waals surface area (Å²) in [6.45, 7) is 8.98. The van der Waals surface area contributed by atoms with Crippen molar-refractivity contribution in [2.24, 2.45) is 0 Å². The number of hydrogen-bond acceptors (Lipinski definition) is 2. The highest BCUT2D eigenvalue weighted by Gasteiger charge is 2.57. The number of Topliss-reactive ketones (excluding diaryl/α,β-unsaturated/α-hetero) is 2. The van der Waals surface area contributed by atoms with Crippen molar-refractivity contribution < 1.29 is 9.59 Å². The summed E-state index contributed by atoms with van der Waals surface area (Å²) in [5.41, 5.74) is 22.3. The molecular formula is C82H54N2O2. The lowest BCUT2D eigenvalue weighted by Crippen LogP contribution is -2.40. The maximum Gasteiger partial charge on any atom is 0.177 e. The molecule has 0 N–H and O–H groups in total. The number of para-hydroxylation sites is 1. The highest BCUT2D eigenvalue weighted by atomic mass is 16.1. The van der Waals surface area contributed by atoms with Crippen molar-refractivity contribution >= 4 is 71.5 Å². The zero-order valence-corrected chi connectivity index (χ0v) is 48.0. The minimum Gasteiger partial charge on any atom is -0.309 e. The first kappa shape index (κ1) is 48.0. The van der Waals surface area contributed by atoms with Gasteiger partial charge in [0.2, 0.25) is 0 Å². The molecule has 0 saturated heterocycles. The van der Waals surface area contributed by atoms with E-state index in [0.717, 1.165) is 138 Å². The van der Waals surface area contributed by atoms with Crippen molar-refractivity contribution in [1.29, 1.82) is 0 Å². The molecule has 4 nitrogen and oxygen atoms in total. The van der Waals surface area contributed by atoms with Crippen LogP contribution in [0.2, 0.25) is 0 Å². The van der Waals surface area contributed by atoms with Crippen molar-refractivity contribution in [3.05, 3.63) is 322 Å². The lowest BCUT2D eigenvalue weighted by Gasteiger charge is -2.43. The van der Waals surface area contributed by atoms with Crippen molar-refractivity contribution in [3.63, 3.8) is 0 Å². The Morgan fingerprint density at radius 3 is 1.20 bits per heavy atom. The van der Waals surface area contributed by atoms with Crippen LogP contribution in [0.3, 0.4) is 0 Å². The number of hydrogen-bond donors (Lipinski definition) is 0. The maximum atomic E-state index is 16.2. The molecule has 21 rings (SSSR count). The van der Waals surface area contributed by atoms with E-state index in [0.29, 0.717) is 0 Å². The molecule has 0 radical (unpaired) electrons. The van der Waals surface area contributed by atoms with Gasteiger partial charge in [0.1, 0.15) is 0 Å². The fraction of sp³-hybridized carbons (Fsp3) is 0.0976. The van der Waals surface area contributed by atoms with Gasteiger partial charge in [-0.1, -0.05) is 200 Å². The highest BCUT2D eigenvalue weighted by Crippen LogP contribution is 2.61. The third-order valence-corrected chi connectivity index (χ3v) is 21.6. The molecule has 404 valence electrons. The van der Waals surface area contributed by atoms with E-state index >= 15 is 9.59 Å². The summed E-state index contributed by atoms with van der Waals surface area (Å²) in [4.78, 5) is 32.5. The van der Waals surface area contributed by atoms with Crippen LogP contribution >= 0.6 is 0 Å². The summed E-state index contributed by atoms with van der Waals surface area (Å²) in [7, 11) is 0. The van der Waals surface area contributed by atoms with Crippen LogP contribution in [0.25, 0.3) is 99.0 Å². The van der Waals surface area contributed by atoms with E-state index in [1.54, 1.807) is 0 Å². The summed E-state index contributed by atoms with van der Waals surface area (Å²) < 4.78 is 4.91. The lowest BCUT2D eigenvalue weighted by atomic mass is 9.59. The monoisotopic (exact) mass is 1100 g/mol. The largest absolute Gasteiger partial charge is 0.309 e. The molecule has 0 amide bonds. The zero-order chi connectivity index (χ0) is 57.3. The Morgan fingerprint density at radius 2 is 0.698 bits per heavy atom. The van der Waals surface area contributed by atoms with E-state index in [-0.39, 0.29) is 11.6 Å². The minimum atomic E-state index is -0.928. The second-order valence-electron chi connectivity index (χ2n) is 25.4. The molecule has 0 fully saturated rings. The second-order valence-corrected chi connectivity index (χ2v) is 25.4. The van der Waals surface area contributed by atoms with Crippen LogP contribution in [0.5, 0.6) is 0 Å². The first-order valence-electron chi connectivity index (χ1n) is 30.2. The van der Waals surface area contributed by atoms with E-state index < -0.39 is 21.7 Å². The Balaban J connectivity index is 0.996. The first-order valence-corrected chi connectivity index (χ1v) is 30.2. The average Bonchev–Trinajstić information content (AvgIpc) is 1.51. The van der Waals surface area contributed by atoms with Crippen LogP contribution in [-0.2, 0) is 21.7 Å². The van der Waals surface area contributed by atoms with Crippen LogP contribution < -0.4 is 0 Å². The fourth-order valence-corrected chi connectivity index (χ4v) is 17.5. The fourth-order valence-electron chi connectivity index (χ4n) is 17.5. The first-order chi connectivity index (χ1) is 42.0. The molecule has 86 heavy (non-hydrogen) atoms. The van der Waals surface area contributed by atoms with Crippen molar-refractivity contribution in [2.75, 3.05) is 0 Å². The summed E-state index contributed by atoms with van der Waals surface area (Å²) >= 11 is 0. The van der Waals surface area contributed by atoms with Gasteiger partial charge in [0, 0.05) is 65.5 Å². The molecule has 6 aliphatic carbocycles. The molecule has 3 heterocycles. The van der Waals surface area contributed by atoms with Crippen LogP contribution in [0.15, 0.2) is 255 Å². The summed E-state index contributed by atoms with van der Waals surface area (Å²) in [6.07, 6.45) is 0. The molecule has 0 atom stereocenters. The van der Waals surface area contributed by atoms with Crippen molar-refractivity contribution in [2.45, 2.75) is 49.4 Å². The summed E-state index contributed by atoms with van der Waals surface area (Å²) in [5.74, 6) is 0.197. The average molecular weight is 1100 g/mol. The zero-order valence-electron chi connectivity index (χ0n) is 48.0. The minimum absolute atomic E-state index is 0.0983. The molecule has 4 bridgehead atoms. The van der Waals surface area contributed by atoms with Crippen LogP contribution in [0.4, 0.5) is 0 Å². The van der Waals surface area contributed by atoms with E-state index in [1.165, 1.54) is 27.6 Å². The maximum absolute atomic E-state index is 16.2. The summed E-state index contributed by atoms with van der Waals surface area (Å²) in [5, 5.41) is 6.66. The number of carbonyl (C=O) groups is 2. The van der Waals surface area contributed by atoms with Gasteiger partial charge in [0.05, 0.1) is 38.4 Å². The standard InChI is InChI=1S/C82H54N2O2/c1-79-61-29-12-16-33-65(61)81(3,66-34-17-13-30-62(66)79)77(85)59-45-72-55(43-69(59)79)57-41-50(42-58-56-44-70-60(46-73(56)84(72)75(57)58)78(86)82(4)67-35-18-14-31-63(67)80(70,2)64-32-15-19-36-68(64)82)74-52(48-24-9-6-10-25-48)38-39-54-53-28-11-20-37-71(53)83(76(54)74)51-27-21-26-49(40-51)47-22-7-5-8-23-47/h5-46H,1-4H3. The number of ketones is 2. The van der Waals surface area contributed by atoms with E-state index in [4.69, 9.17) is 0 Å². The number of aromatic nitrogens is 2. The molecule has 0 unspecified atom stereocenters. The Morgan fingerprint density at radius 1 is 0.267 bits per heavy atom. The smallest absolute Gasteiger partial charge is 0.177 e. The van der Waals surface area contributed by atoms with Gasteiger partial charge in [-0.15, -0.1) is 0 Å². The van der Waals surface area contributed by atoms with Crippen LogP contribution in [-0.4, -0.2) is 20.5 Å². The SMILES string of the molecule is CC12C(=O)c3cc4c(cc3C(C)(c3ccccc31)c1ccccc12)c1cc(-c2c(-c3ccccc3)ccc3c5ccccc5n(-c5cccc(-c6ccccc6)c5)c23)cc2c3cc5c(cc3n4c12)C(=O)C1(C)c2ccccc2C5(C)c2ccccc21. The Labute approximate surface area is 497 Å². The van der Waals surface area contributed by atoms with Gasteiger partial charge in [-0.2, -0.15) is 0 Å². The molecule has 15 aromatic rings. The van der Waals surface area contributed by atoms with Gasteiger partial charge < -0.3 is 8.97 Å². The number of rotatable bonds is 4. The molecule has 0 spiro atoms. The normalized spacial score (nSPS) is 20.6. The number of nitrogens with zero attached hydrogens (tertiary/aromatic N) is 2. The van der Waals surface area contributed by atoms with Crippen LogP contribution in [0.1, 0.15) is 104 Å². The molecule has 12 aromatic carbocycles. The Kier molecular flexibility index (Phi) is 9.08. The van der Waals surface area contributed by atoms with Crippen LogP contribution in [0, 0.1) is 0 Å². The van der Waals surface area contributed by atoms with Crippen molar-refractivity contribution in [3.8, 4) is 39.1 Å². The van der Waals surface area contributed by atoms with Gasteiger partial charge in [-0.3, -0.25) is 9.59 Å². The highest BCUT2D eigenvalue weighted by molar-refractivity contribution is 6.28. The second kappa shape index (κ2) is 16.3. The van der Waals surface area contributed by atoms with Gasteiger partial charge in [0.25, 0.3) is 0 Å². The topological polar surface area (TPSA) is 43.5 Å². The Hall–Kier alpha value is -10.4. The predicted octanol–water partition coefficient (Wildman–Crippen LogP) is 19.3. The third kappa shape index (κ3) is 5.58. The Bertz CT molecular complexity index is 5270. The molecule has 4 heteroatoms.